The number of benzene rings is 1. The van der Waals surface area contributed by atoms with Crippen molar-refractivity contribution < 1.29 is 13.8 Å². The molecule has 1 heterocycles. The zero-order valence-corrected chi connectivity index (χ0v) is 12.2. The van der Waals surface area contributed by atoms with E-state index < -0.39 is 15.7 Å². The third-order valence-corrected chi connectivity index (χ3v) is 4.69. The van der Waals surface area contributed by atoms with Crippen LogP contribution in [0.25, 0.3) is 0 Å². The third kappa shape index (κ3) is 2.24. The SMILES string of the molecule is CC(=O)NC1=NN(C(C)=O)[C@@](C)(c2ccccc2)[S@]1=O. The Labute approximate surface area is 119 Å². The zero-order valence-electron chi connectivity index (χ0n) is 11.4. The molecule has 106 valence electrons. The van der Waals surface area contributed by atoms with Gasteiger partial charge < -0.3 is 5.32 Å². The first-order valence-corrected chi connectivity index (χ1v) is 7.16. The van der Waals surface area contributed by atoms with Crippen LogP contribution in [0.15, 0.2) is 35.4 Å². The van der Waals surface area contributed by atoms with Crippen LogP contribution >= 0.6 is 0 Å². The van der Waals surface area contributed by atoms with Crippen LogP contribution in [0.2, 0.25) is 0 Å². The summed E-state index contributed by atoms with van der Waals surface area (Å²) in [4.78, 5) is 21.8. The van der Waals surface area contributed by atoms with Crippen molar-refractivity contribution in [3.05, 3.63) is 35.9 Å². The summed E-state index contributed by atoms with van der Waals surface area (Å²) in [6.45, 7) is 4.31. The van der Waals surface area contributed by atoms with E-state index in [1.807, 2.05) is 6.07 Å². The monoisotopic (exact) mass is 293 g/mol. The molecule has 6 nitrogen and oxygen atoms in total. The fourth-order valence-corrected chi connectivity index (χ4v) is 3.50. The Balaban J connectivity index is 2.50. The minimum atomic E-state index is -1.66. The molecule has 0 radical (unpaired) electrons. The Morgan fingerprint density at radius 1 is 1.25 bits per heavy atom. The molecule has 1 aliphatic rings. The van der Waals surface area contributed by atoms with E-state index in [4.69, 9.17) is 0 Å². The topological polar surface area (TPSA) is 78.8 Å². The molecule has 2 rings (SSSR count). The summed E-state index contributed by atoms with van der Waals surface area (Å²) in [6, 6.07) is 8.98. The lowest BCUT2D eigenvalue weighted by Gasteiger charge is -2.30. The summed E-state index contributed by atoms with van der Waals surface area (Å²) in [5.74, 6) is -0.719. The smallest absolute Gasteiger partial charge is 0.241 e. The molecule has 0 spiro atoms. The standard InChI is InChI=1S/C13H15N3O3S/c1-9(17)14-12-15-16(10(2)18)13(3,20(12)19)11-7-5-4-6-8-11/h4-8H,1-3H3,(H,14,15,17)/t13-,20+/m1/s1. The number of nitrogens with zero attached hydrogens (tertiary/aromatic N) is 2. The van der Waals surface area contributed by atoms with Gasteiger partial charge in [-0.15, -0.1) is 5.10 Å². The number of carbonyl (C=O) groups excluding carboxylic acids is 2. The van der Waals surface area contributed by atoms with Crippen LogP contribution in [-0.4, -0.2) is 26.2 Å². The summed E-state index contributed by atoms with van der Waals surface area (Å²) >= 11 is 0. The van der Waals surface area contributed by atoms with Gasteiger partial charge in [-0.05, 0) is 12.5 Å². The van der Waals surface area contributed by atoms with Gasteiger partial charge in [0, 0.05) is 13.8 Å². The first-order valence-electron chi connectivity index (χ1n) is 6.01. The lowest BCUT2D eigenvalue weighted by molar-refractivity contribution is -0.132. The number of carbonyl (C=O) groups is 2. The molecule has 1 aliphatic heterocycles. The molecule has 1 aromatic carbocycles. The molecule has 2 atom stereocenters. The second-order valence-electron chi connectivity index (χ2n) is 4.53. The Morgan fingerprint density at radius 2 is 1.85 bits per heavy atom. The molecule has 2 amide bonds. The predicted octanol–water partition coefficient (Wildman–Crippen LogP) is 0.877. The van der Waals surface area contributed by atoms with Gasteiger partial charge in [-0.2, -0.15) is 0 Å². The van der Waals surface area contributed by atoms with Crippen LogP contribution in [0, 0.1) is 0 Å². The fraction of sp³-hybridized carbons (Fsp3) is 0.308. The van der Waals surface area contributed by atoms with Gasteiger partial charge >= 0.3 is 0 Å². The number of hydrazone groups is 1. The second-order valence-corrected chi connectivity index (χ2v) is 6.25. The van der Waals surface area contributed by atoms with Crippen molar-refractivity contribution in [3.8, 4) is 0 Å². The van der Waals surface area contributed by atoms with Gasteiger partial charge in [-0.3, -0.25) is 9.59 Å². The highest BCUT2D eigenvalue weighted by Gasteiger charge is 2.49. The van der Waals surface area contributed by atoms with Crippen LogP contribution in [0.5, 0.6) is 0 Å². The van der Waals surface area contributed by atoms with Crippen LogP contribution in [-0.2, 0) is 25.3 Å². The number of amides is 2. The van der Waals surface area contributed by atoms with Crippen LogP contribution in [0.1, 0.15) is 26.3 Å². The Kier molecular flexibility index (Phi) is 3.71. The summed E-state index contributed by atoms with van der Waals surface area (Å²) in [6.07, 6.45) is 0. The number of amidine groups is 1. The van der Waals surface area contributed by atoms with Crippen molar-refractivity contribution in [1.82, 2.24) is 10.3 Å². The maximum Gasteiger partial charge on any atom is 0.241 e. The van der Waals surface area contributed by atoms with Gasteiger partial charge in [0.05, 0.1) is 0 Å². The molecule has 0 unspecified atom stereocenters. The fourth-order valence-electron chi connectivity index (χ4n) is 2.06. The molecule has 0 bridgehead atoms. The van der Waals surface area contributed by atoms with Crippen LogP contribution < -0.4 is 5.32 Å². The quantitative estimate of drug-likeness (QED) is 0.834. The molecule has 7 heteroatoms. The van der Waals surface area contributed by atoms with E-state index >= 15 is 0 Å². The number of hydrogen-bond acceptors (Lipinski definition) is 4. The summed E-state index contributed by atoms with van der Waals surface area (Å²) in [5.41, 5.74) is 0.692. The first-order chi connectivity index (χ1) is 9.37. The maximum absolute atomic E-state index is 12.6. The first kappa shape index (κ1) is 14.4. The Hall–Kier alpha value is -2.02. The average molecular weight is 293 g/mol. The van der Waals surface area contributed by atoms with Gasteiger partial charge in [-0.25, -0.2) is 9.22 Å². The Bertz CT molecular complexity index is 615. The summed E-state index contributed by atoms with van der Waals surface area (Å²) in [5, 5.41) is 7.58. The molecule has 0 aromatic heterocycles. The maximum atomic E-state index is 12.6. The van der Waals surface area contributed by atoms with Crippen molar-refractivity contribution in [2.24, 2.45) is 5.10 Å². The highest BCUT2D eigenvalue weighted by molar-refractivity contribution is 8.01. The highest BCUT2D eigenvalue weighted by atomic mass is 32.2. The van der Waals surface area contributed by atoms with Crippen LogP contribution in [0.4, 0.5) is 0 Å². The molecule has 0 saturated carbocycles. The lowest BCUT2D eigenvalue weighted by atomic mass is 10.1. The van der Waals surface area contributed by atoms with Crippen molar-refractivity contribution in [1.29, 1.82) is 0 Å². The van der Waals surface area contributed by atoms with E-state index in [2.05, 4.69) is 10.4 Å². The zero-order chi connectivity index (χ0) is 14.9. The average Bonchev–Trinajstić information content (AvgIpc) is 2.65. The summed E-state index contributed by atoms with van der Waals surface area (Å²) < 4.78 is 12.6. The molecule has 1 aromatic rings. The van der Waals surface area contributed by atoms with Gasteiger partial charge in [0.15, 0.2) is 4.87 Å². The molecular weight excluding hydrogens is 278 g/mol. The van der Waals surface area contributed by atoms with Gasteiger partial charge in [0.2, 0.25) is 17.0 Å². The largest absolute Gasteiger partial charge is 0.302 e. The van der Waals surface area contributed by atoms with Crippen molar-refractivity contribution >= 4 is 27.8 Å². The molecule has 20 heavy (non-hydrogen) atoms. The van der Waals surface area contributed by atoms with E-state index in [0.717, 1.165) is 5.01 Å². The normalized spacial score (nSPS) is 25.2. The van der Waals surface area contributed by atoms with Gasteiger partial charge in [0.25, 0.3) is 0 Å². The molecule has 1 N–H and O–H groups in total. The second kappa shape index (κ2) is 5.16. The number of nitrogens with one attached hydrogen (secondary N) is 1. The lowest BCUT2D eigenvalue weighted by Crippen LogP contribution is -2.44. The summed E-state index contributed by atoms with van der Waals surface area (Å²) in [7, 11) is -1.66. The van der Waals surface area contributed by atoms with E-state index in [-0.39, 0.29) is 17.0 Å². The minimum absolute atomic E-state index is 0.000877. The molecule has 0 fully saturated rings. The van der Waals surface area contributed by atoms with E-state index in [1.54, 1.807) is 31.2 Å². The molecular formula is C13H15N3O3S. The van der Waals surface area contributed by atoms with Crippen molar-refractivity contribution in [3.63, 3.8) is 0 Å². The van der Waals surface area contributed by atoms with Gasteiger partial charge in [-0.1, -0.05) is 30.3 Å². The minimum Gasteiger partial charge on any atom is -0.302 e. The van der Waals surface area contributed by atoms with E-state index in [0.29, 0.717) is 5.56 Å². The third-order valence-electron chi connectivity index (χ3n) is 3.02. The predicted molar refractivity (Wildman–Crippen MR) is 75.7 cm³/mol. The van der Waals surface area contributed by atoms with Crippen LogP contribution in [0.3, 0.4) is 0 Å². The van der Waals surface area contributed by atoms with Gasteiger partial charge in [0.1, 0.15) is 10.8 Å². The van der Waals surface area contributed by atoms with Crippen molar-refractivity contribution in [2.45, 2.75) is 25.6 Å². The number of rotatable bonds is 1. The molecule has 0 aliphatic carbocycles. The van der Waals surface area contributed by atoms with E-state index in [9.17, 15) is 13.8 Å². The molecule has 0 saturated heterocycles. The highest BCUT2D eigenvalue weighted by Crippen LogP contribution is 2.37. The van der Waals surface area contributed by atoms with Crippen molar-refractivity contribution in [2.75, 3.05) is 0 Å². The Morgan fingerprint density at radius 3 is 2.35 bits per heavy atom. The number of hydrogen-bond donors (Lipinski definition) is 1. The van der Waals surface area contributed by atoms with E-state index in [1.165, 1.54) is 13.8 Å².